The highest BCUT2D eigenvalue weighted by Crippen LogP contribution is 2.07. The van der Waals surface area contributed by atoms with Crippen molar-refractivity contribution in [1.82, 2.24) is 20.1 Å². The molecule has 6 heteroatoms. The maximum Gasteiger partial charge on any atom is 0.341 e. The minimum Gasteiger partial charge on any atom is -0.335 e. The summed E-state index contributed by atoms with van der Waals surface area (Å²) in [5.41, 5.74) is 1.85. The van der Waals surface area contributed by atoms with E-state index in [9.17, 15) is 9.59 Å². The third kappa shape index (κ3) is 4.67. The number of carbonyl (C=O) groups excluding carboxylic acids is 1. The Hall–Kier alpha value is -3.15. The van der Waals surface area contributed by atoms with Crippen molar-refractivity contribution in [1.29, 1.82) is 0 Å². The number of H-pyrrole nitrogens is 2. The van der Waals surface area contributed by atoms with Gasteiger partial charge in [0, 0.05) is 13.1 Å². The zero-order chi connectivity index (χ0) is 17.5. The minimum atomic E-state index is -0.477. The van der Waals surface area contributed by atoms with Crippen molar-refractivity contribution in [2.45, 2.75) is 12.8 Å². The van der Waals surface area contributed by atoms with Gasteiger partial charge in [-0.1, -0.05) is 60.7 Å². The van der Waals surface area contributed by atoms with Gasteiger partial charge in [-0.2, -0.15) is 0 Å². The predicted octanol–water partition coefficient (Wildman–Crippen LogP) is 2.03. The Bertz CT molecular complexity index is 812. The van der Waals surface area contributed by atoms with Gasteiger partial charge in [0.25, 0.3) is 5.91 Å². The molecule has 0 spiro atoms. The number of rotatable bonds is 7. The van der Waals surface area contributed by atoms with Gasteiger partial charge in [0.05, 0.1) is 0 Å². The smallest absolute Gasteiger partial charge is 0.335 e. The lowest BCUT2D eigenvalue weighted by Gasteiger charge is -2.21. The lowest BCUT2D eigenvalue weighted by molar-refractivity contribution is 0.0747. The monoisotopic (exact) mass is 336 g/mol. The molecule has 0 atom stereocenters. The Kier molecular flexibility index (Phi) is 5.41. The van der Waals surface area contributed by atoms with Crippen molar-refractivity contribution in [2.75, 3.05) is 13.1 Å². The molecule has 0 saturated carbocycles. The van der Waals surface area contributed by atoms with Crippen LogP contribution in [0.15, 0.2) is 65.5 Å². The van der Waals surface area contributed by atoms with Gasteiger partial charge >= 0.3 is 5.69 Å². The lowest BCUT2D eigenvalue weighted by atomic mass is 10.1. The first-order valence-corrected chi connectivity index (χ1v) is 8.24. The highest BCUT2D eigenvalue weighted by Gasteiger charge is 2.19. The highest BCUT2D eigenvalue weighted by molar-refractivity contribution is 5.90. The largest absolute Gasteiger partial charge is 0.341 e. The molecule has 0 bridgehead atoms. The van der Waals surface area contributed by atoms with E-state index in [-0.39, 0.29) is 11.7 Å². The molecule has 0 saturated heterocycles. The number of nitrogens with one attached hydrogen (secondary N) is 2. The normalized spacial score (nSPS) is 10.6. The zero-order valence-electron chi connectivity index (χ0n) is 13.8. The summed E-state index contributed by atoms with van der Waals surface area (Å²) in [5, 5.41) is 6.01. The number of carbonyl (C=O) groups is 1. The van der Waals surface area contributed by atoms with E-state index >= 15 is 0 Å². The molecule has 2 N–H and O–H groups in total. The van der Waals surface area contributed by atoms with Crippen LogP contribution in [-0.2, 0) is 12.8 Å². The van der Waals surface area contributed by atoms with Crippen LogP contribution in [0.1, 0.15) is 21.7 Å². The standard InChI is InChI=1S/C19H20N4O2/c24-18(17-20-19(25)22-21-17)23(13-11-15-7-3-1-4-8-15)14-12-16-9-5-2-6-10-16/h1-10H,11-14H2,(H2,20,21,22,25). The van der Waals surface area contributed by atoms with E-state index in [1.807, 2.05) is 60.7 Å². The fraction of sp³-hybridized carbons (Fsp3) is 0.211. The van der Waals surface area contributed by atoms with Crippen LogP contribution in [0.4, 0.5) is 0 Å². The van der Waals surface area contributed by atoms with Crippen LogP contribution in [0.3, 0.4) is 0 Å². The van der Waals surface area contributed by atoms with Crippen molar-refractivity contribution in [3.8, 4) is 0 Å². The zero-order valence-corrected chi connectivity index (χ0v) is 13.8. The highest BCUT2D eigenvalue weighted by atomic mass is 16.2. The van der Waals surface area contributed by atoms with E-state index in [1.54, 1.807) is 4.90 Å². The molecule has 0 fully saturated rings. The molecule has 0 aliphatic carbocycles. The van der Waals surface area contributed by atoms with Crippen LogP contribution in [0.25, 0.3) is 0 Å². The number of nitrogens with zero attached hydrogens (tertiary/aromatic N) is 2. The Labute approximate surface area is 145 Å². The molecule has 6 nitrogen and oxygen atoms in total. The van der Waals surface area contributed by atoms with Crippen molar-refractivity contribution in [3.63, 3.8) is 0 Å². The third-order valence-electron chi connectivity index (χ3n) is 4.02. The molecule has 0 unspecified atom stereocenters. The molecule has 128 valence electrons. The van der Waals surface area contributed by atoms with E-state index in [2.05, 4.69) is 15.2 Å². The molecule has 25 heavy (non-hydrogen) atoms. The van der Waals surface area contributed by atoms with Gasteiger partial charge in [-0.15, -0.1) is 5.10 Å². The summed E-state index contributed by atoms with van der Waals surface area (Å²) in [7, 11) is 0. The van der Waals surface area contributed by atoms with Gasteiger partial charge in [0.15, 0.2) is 0 Å². The number of aromatic nitrogens is 3. The molecule has 1 aromatic heterocycles. The summed E-state index contributed by atoms with van der Waals surface area (Å²) < 4.78 is 0. The van der Waals surface area contributed by atoms with Crippen molar-refractivity contribution >= 4 is 5.91 Å². The summed E-state index contributed by atoms with van der Waals surface area (Å²) in [6.45, 7) is 1.12. The number of aromatic amines is 2. The maximum absolute atomic E-state index is 12.7. The lowest BCUT2D eigenvalue weighted by Crippen LogP contribution is -2.35. The summed E-state index contributed by atoms with van der Waals surface area (Å²) >= 11 is 0. The second kappa shape index (κ2) is 8.10. The Morgan fingerprint density at radius 2 is 1.40 bits per heavy atom. The molecule has 0 radical (unpaired) electrons. The maximum atomic E-state index is 12.7. The predicted molar refractivity (Wildman–Crippen MR) is 95.4 cm³/mol. The summed E-state index contributed by atoms with van der Waals surface area (Å²) in [6, 6.07) is 20.0. The SMILES string of the molecule is O=C(c1n[nH]c(=O)[nH]1)N(CCc1ccccc1)CCc1ccccc1. The molecule has 3 aromatic rings. The van der Waals surface area contributed by atoms with E-state index < -0.39 is 5.69 Å². The number of benzene rings is 2. The summed E-state index contributed by atoms with van der Waals surface area (Å²) in [6.07, 6.45) is 1.49. The van der Waals surface area contributed by atoms with Gasteiger partial charge in [-0.3, -0.25) is 9.78 Å². The van der Waals surface area contributed by atoms with Crippen molar-refractivity contribution in [2.24, 2.45) is 0 Å². The quantitative estimate of drug-likeness (QED) is 0.692. The minimum absolute atomic E-state index is 0.0473. The average molecular weight is 336 g/mol. The Morgan fingerprint density at radius 3 is 1.84 bits per heavy atom. The van der Waals surface area contributed by atoms with Crippen LogP contribution in [-0.4, -0.2) is 39.1 Å². The molecular formula is C19H20N4O2. The molecule has 0 aliphatic heterocycles. The molecule has 1 amide bonds. The van der Waals surface area contributed by atoms with Gasteiger partial charge in [0.1, 0.15) is 0 Å². The van der Waals surface area contributed by atoms with Gasteiger partial charge < -0.3 is 4.90 Å². The number of hydrogen-bond donors (Lipinski definition) is 2. The molecule has 2 aromatic carbocycles. The van der Waals surface area contributed by atoms with Crippen LogP contribution >= 0.6 is 0 Å². The topological polar surface area (TPSA) is 81.8 Å². The molecular weight excluding hydrogens is 316 g/mol. The van der Waals surface area contributed by atoms with E-state index in [4.69, 9.17) is 0 Å². The van der Waals surface area contributed by atoms with E-state index in [1.165, 1.54) is 0 Å². The Morgan fingerprint density at radius 1 is 0.880 bits per heavy atom. The number of amides is 1. The average Bonchev–Trinajstić information content (AvgIpc) is 3.09. The van der Waals surface area contributed by atoms with Crippen LogP contribution in [0, 0.1) is 0 Å². The second-order valence-corrected chi connectivity index (χ2v) is 5.79. The van der Waals surface area contributed by atoms with Gasteiger partial charge in [0.2, 0.25) is 5.82 Å². The first kappa shape index (κ1) is 16.7. The third-order valence-corrected chi connectivity index (χ3v) is 4.02. The summed E-state index contributed by atoms with van der Waals surface area (Å²) in [5.74, 6) is -0.226. The summed E-state index contributed by atoms with van der Waals surface area (Å²) in [4.78, 5) is 28.1. The fourth-order valence-corrected chi connectivity index (χ4v) is 2.65. The van der Waals surface area contributed by atoms with Crippen molar-refractivity contribution in [3.05, 3.63) is 88.1 Å². The van der Waals surface area contributed by atoms with E-state index in [0.29, 0.717) is 13.1 Å². The van der Waals surface area contributed by atoms with E-state index in [0.717, 1.165) is 24.0 Å². The first-order chi connectivity index (χ1) is 12.2. The molecule has 1 heterocycles. The molecule has 0 aliphatic rings. The molecule has 3 rings (SSSR count). The number of hydrogen-bond acceptors (Lipinski definition) is 3. The Balaban J connectivity index is 1.70. The van der Waals surface area contributed by atoms with Crippen LogP contribution < -0.4 is 5.69 Å². The van der Waals surface area contributed by atoms with Crippen molar-refractivity contribution < 1.29 is 4.79 Å². The fourth-order valence-electron chi connectivity index (χ4n) is 2.65. The van der Waals surface area contributed by atoms with Gasteiger partial charge in [-0.25, -0.2) is 9.89 Å². The first-order valence-electron chi connectivity index (χ1n) is 8.24. The van der Waals surface area contributed by atoms with Crippen LogP contribution in [0.5, 0.6) is 0 Å². The second-order valence-electron chi connectivity index (χ2n) is 5.79. The van der Waals surface area contributed by atoms with Crippen LogP contribution in [0.2, 0.25) is 0 Å². The van der Waals surface area contributed by atoms with Gasteiger partial charge in [-0.05, 0) is 24.0 Å².